The van der Waals surface area contributed by atoms with Crippen LogP contribution in [0.2, 0.25) is 0 Å². The Labute approximate surface area is 180 Å². The van der Waals surface area contributed by atoms with Crippen molar-refractivity contribution in [3.8, 4) is 11.6 Å². The first-order valence-electron chi connectivity index (χ1n) is 10.2. The molecular weight excluding hydrogens is 402 g/mol. The number of aromatic nitrogens is 1. The summed E-state index contributed by atoms with van der Waals surface area (Å²) >= 11 is 0. The summed E-state index contributed by atoms with van der Waals surface area (Å²) in [4.78, 5) is 30.4. The molecule has 1 aromatic carbocycles. The van der Waals surface area contributed by atoms with E-state index in [1.807, 2.05) is 0 Å². The largest absolute Gasteiger partial charge is 0.497 e. The van der Waals surface area contributed by atoms with Gasteiger partial charge >= 0.3 is 6.09 Å². The number of carbonyl (C=O) groups excluding carboxylic acids is 2. The van der Waals surface area contributed by atoms with Gasteiger partial charge in [0.15, 0.2) is 0 Å². The molecule has 164 valence electrons. The lowest BCUT2D eigenvalue weighted by Crippen LogP contribution is -2.34. The molecule has 3 heterocycles. The molecule has 1 N–H and O–H groups in total. The monoisotopic (exact) mass is 427 g/mol. The summed E-state index contributed by atoms with van der Waals surface area (Å²) in [5.41, 5.74) is 1.12. The van der Waals surface area contributed by atoms with Crippen molar-refractivity contribution in [1.82, 2.24) is 10.3 Å². The van der Waals surface area contributed by atoms with Crippen LogP contribution in [0.5, 0.6) is 11.6 Å². The van der Waals surface area contributed by atoms with Crippen LogP contribution < -0.4 is 19.7 Å². The van der Waals surface area contributed by atoms with Gasteiger partial charge in [-0.3, -0.25) is 9.69 Å². The van der Waals surface area contributed by atoms with Crippen LogP contribution in [0, 0.1) is 0 Å². The van der Waals surface area contributed by atoms with E-state index in [1.54, 1.807) is 43.5 Å². The Morgan fingerprint density at radius 3 is 2.65 bits per heavy atom. The molecule has 9 heteroatoms. The number of cyclic esters (lactones) is 1. The van der Waals surface area contributed by atoms with Crippen molar-refractivity contribution >= 4 is 17.7 Å². The van der Waals surface area contributed by atoms with Gasteiger partial charge in [-0.1, -0.05) is 0 Å². The number of rotatable bonds is 7. The SMILES string of the molecule is COc1ccc(N2CC(CNC(=O)c3ccc(OC4CCOCC4)nc3)OC2=O)cc1. The molecule has 0 spiro atoms. The summed E-state index contributed by atoms with van der Waals surface area (Å²) in [6.45, 7) is 1.93. The zero-order valence-electron chi connectivity index (χ0n) is 17.3. The van der Waals surface area contributed by atoms with Crippen LogP contribution in [-0.2, 0) is 9.47 Å². The summed E-state index contributed by atoms with van der Waals surface area (Å²) in [6.07, 6.45) is 2.35. The molecule has 2 saturated heterocycles. The van der Waals surface area contributed by atoms with Crippen molar-refractivity contribution in [2.75, 3.05) is 38.3 Å². The highest BCUT2D eigenvalue weighted by Gasteiger charge is 2.32. The molecule has 4 rings (SSSR count). The number of benzene rings is 1. The summed E-state index contributed by atoms with van der Waals surface area (Å²) in [6, 6.07) is 10.5. The number of amides is 2. The number of anilines is 1. The smallest absolute Gasteiger partial charge is 0.414 e. The number of pyridine rings is 1. The van der Waals surface area contributed by atoms with Crippen molar-refractivity contribution < 1.29 is 28.5 Å². The zero-order chi connectivity index (χ0) is 21.6. The number of ether oxygens (including phenoxy) is 4. The second-order valence-corrected chi connectivity index (χ2v) is 7.34. The fourth-order valence-corrected chi connectivity index (χ4v) is 3.46. The minimum atomic E-state index is -0.444. The molecule has 9 nitrogen and oxygen atoms in total. The highest BCUT2D eigenvalue weighted by atomic mass is 16.6. The van der Waals surface area contributed by atoms with Crippen LogP contribution in [0.15, 0.2) is 42.6 Å². The van der Waals surface area contributed by atoms with E-state index in [9.17, 15) is 9.59 Å². The summed E-state index contributed by atoms with van der Waals surface area (Å²) < 4.78 is 21.6. The van der Waals surface area contributed by atoms with E-state index in [-0.39, 0.29) is 18.6 Å². The van der Waals surface area contributed by atoms with E-state index in [0.717, 1.165) is 12.8 Å². The maximum atomic E-state index is 12.4. The standard InChI is InChI=1S/C22H25N3O6/c1-28-17-5-3-16(4-6-17)25-14-19(31-22(25)27)13-24-21(26)15-2-7-20(23-12-15)30-18-8-10-29-11-9-18/h2-7,12,18-19H,8-11,13-14H2,1H3,(H,24,26). The lowest BCUT2D eigenvalue weighted by molar-refractivity contribution is 0.0237. The molecule has 2 aliphatic rings. The average molecular weight is 427 g/mol. The molecular formula is C22H25N3O6. The van der Waals surface area contributed by atoms with Crippen LogP contribution in [0.3, 0.4) is 0 Å². The van der Waals surface area contributed by atoms with Gasteiger partial charge in [0.1, 0.15) is 18.0 Å². The summed E-state index contributed by atoms with van der Waals surface area (Å²) in [7, 11) is 1.58. The van der Waals surface area contributed by atoms with Crippen molar-refractivity contribution in [2.24, 2.45) is 0 Å². The molecule has 0 aliphatic carbocycles. The van der Waals surface area contributed by atoms with E-state index in [2.05, 4.69) is 10.3 Å². The predicted octanol–water partition coefficient (Wildman–Crippen LogP) is 2.40. The van der Waals surface area contributed by atoms with Gasteiger partial charge in [0.25, 0.3) is 5.91 Å². The molecule has 1 unspecified atom stereocenters. The Balaban J connectivity index is 1.26. The Hall–Kier alpha value is -3.33. The van der Waals surface area contributed by atoms with Crippen molar-refractivity contribution in [3.05, 3.63) is 48.2 Å². The second-order valence-electron chi connectivity index (χ2n) is 7.34. The van der Waals surface area contributed by atoms with Gasteiger partial charge in [0.2, 0.25) is 5.88 Å². The van der Waals surface area contributed by atoms with E-state index < -0.39 is 12.2 Å². The lowest BCUT2D eigenvalue weighted by atomic mass is 10.1. The first-order valence-corrected chi connectivity index (χ1v) is 10.2. The van der Waals surface area contributed by atoms with Crippen molar-refractivity contribution in [3.63, 3.8) is 0 Å². The molecule has 0 bridgehead atoms. The van der Waals surface area contributed by atoms with Gasteiger partial charge in [-0.25, -0.2) is 9.78 Å². The third-order valence-corrected chi connectivity index (χ3v) is 5.20. The Bertz CT molecular complexity index is 896. The molecule has 2 fully saturated rings. The third-order valence-electron chi connectivity index (χ3n) is 5.20. The quantitative estimate of drug-likeness (QED) is 0.724. The van der Waals surface area contributed by atoms with Gasteiger partial charge in [-0.15, -0.1) is 0 Å². The normalized spacial score (nSPS) is 19.1. The Kier molecular flexibility index (Phi) is 6.51. The molecule has 0 radical (unpaired) electrons. The number of nitrogens with zero attached hydrogens (tertiary/aromatic N) is 2. The second kappa shape index (κ2) is 9.65. The Morgan fingerprint density at radius 2 is 1.97 bits per heavy atom. The number of hydrogen-bond donors (Lipinski definition) is 1. The molecule has 2 aliphatic heterocycles. The van der Waals surface area contributed by atoms with Gasteiger partial charge in [-0.2, -0.15) is 0 Å². The highest BCUT2D eigenvalue weighted by Crippen LogP contribution is 2.24. The maximum absolute atomic E-state index is 12.4. The topological polar surface area (TPSA) is 99.2 Å². The van der Waals surface area contributed by atoms with Crippen molar-refractivity contribution in [2.45, 2.75) is 25.0 Å². The maximum Gasteiger partial charge on any atom is 0.414 e. The number of hydrogen-bond acceptors (Lipinski definition) is 7. The zero-order valence-corrected chi connectivity index (χ0v) is 17.3. The fourth-order valence-electron chi connectivity index (χ4n) is 3.46. The molecule has 1 aromatic heterocycles. The molecule has 31 heavy (non-hydrogen) atoms. The number of carbonyl (C=O) groups is 2. The molecule has 1 atom stereocenters. The van der Waals surface area contributed by atoms with Gasteiger partial charge < -0.3 is 24.3 Å². The van der Waals surface area contributed by atoms with Crippen LogP contribution in [0.1, 0.15) is 23.2 Å². The van der Waals surface area contributed by atoms with E-state index in [1.165, 1.54) is 11.1 Å². The first-order chi connectivity index (χ1) is 15.1. The minimum absolute atomic E-state index is 0.0895. The minimum Gasteiger partial charge on any atom is -0.497 e. The van der Waals surface area contributed by atoms with E-state index in [4.69, 9.17) is 18.9 Å². The fraction of sp³-hybridized carbons (Fsp3) is 0.409. The average Bonchev–Trinajstić information content (AvgIpc) is 3.19. The van der Waals surface area contributed by atoms with Crippen LogP contribution in [-0.4, -0.2) is 62.6 Å². The first kappa shape index (κ1) is 20.9. The van der Waals surface area contributed by atoms with E-state index >= 15 is 0 Å². The molecule has 2 amide bonds. The highest BCUT2D eigenvalue weighted by molar-refractivity contribution is 5.94. The van der Waals surface area contributed by atoms with Crippen LogP contribution in [0.4, 0.5) is 10.5 Å². The number of methoxy groups -OCH3 is 1. The predicted molar refractivity (Wildman–Crippen MR) is 112 cm³/mol. The van der Waals surface area contributed by atoms with E-state index in [0.29, 0.717) is 42.6 Å². The van der Waals surface area contributed by atoms with Gasteiger partial charge in [0.05, 0.1) is 39.0 Å². The molecule has 0 saturated carbocycles. The van der Waals surface area contributed by atoms with Crippen molar-refractivity contribution in [1.29, 1.82) is 0 Å². The lowest BCUT2D eigenvalue weighted by Gasteiger charge is -2.22. The summed E-state index contributed by atoms with van der Waals surface area (Å²) in [5.74, 6) is 0.908. The number of nitrogens with one attached hydrogen (secondary N) is 1. The third kappa shape index (κ3) is 5.24. The van der Waals surface area contributed by atoms with Crippen LogP contribution in [0.25, 0.3) is 0 Å². The molecule has 2 aromatic rings. The van der Waals surface area contributed by atoms with Gasteiger partial charge in [0, 0.05) is 30.8 Å². The summed E-state index contributed by atoms with van der Waals surface area (Å²) in [5, 5.41) is 2.79. The van der Waals surface area contributed by atoms with Gasteiger partial charge in [-0.05, 0) is 30.3 Å². The Morgan fingerprint density at radius 1 is 1.19 bits per heavy atom. The van der Waals surface area contributed by atoms with Crippen LogP contribution >= 0.6 is 0 Å².